The van der Waals surface area contributed by atoms with Crippen molar-refractivity contribution in [3.63, 3.8) is 0 Å². The minimum atomic E-state index is 0.720. The Morgan fingerprint density at radius 3 is 2.53 bits per heavy atom. The second-order valence-electron chi connectivity index (χ2n) is 5.87. The van der Waals surface area contributed by atoms with E-state index in [0.717, 1.165) is 17.8 Å². The Balaban J connectivity index is 1.53. The van der Waals surface area contributed by atoms with Crippen molar-refractivity contribution >= 4 is 0 Å². The molecule has 17 heavy (non-hydrogen) atoms. The Bertz CT molecular complexity index is 328. The molecule has 0 radical (unpaired) electrons. The van der Waals surface area contributed by atoms with Crippen LogP contribution in [0.15, 0.2) is 12.4 Å². The summed E-state index contributed by atoms with van der Waals surface area (Å²) >= 11 is 0. The van der Waals surface area contributed by atoms with Crippen LogP contribution < -0.4 is 0 Å². The number of imidazole rings is 1. The van der Waals surface area contributed by atoms with E-state index in [0.29, 0.717) is 0 Å². The number of piperidine rings is 1. The first-order chi connectivity index (χ1) is 8.36. The summed E-state index contributed by atoms with van der Waals surface area (Å²) in [5.74, 6) is 1.12. The maximum Gasteiger partial charge on any atom is 0.120 e. The number of hydrogen-bond donors (Lipinski definition) is 1. The molecule has 0 bridgehead atoms. The van der Waals surface area contributed by atoms with Crippen LogP contribution in [-0.2, 0) is 6.54 Å². The number of hydrogen-bond acceptors (Lipinski definition) is 2. The lowest BCUT2D eigenvalue weighted by Gasteiger charge is -2.44. The molecule has 0 unspecified atom stereocenters. The highest BCUT2D eigenvalue weighted by Crippen LogP contribution is 2.44. The quantitative estimate of drug-likeness (QED) is 0.851. The molecule has 0 atom stereocenters. The second-order valence-corrected chi connectivity index (χ2v) is 5.87. The highest BCUT2D eigenvalue weighted by atomic mass is 15.2. The molecule has 3 rings (SSSR count). The molecular formula is C14H23N3. The predicted octanol–water partition coefficient (Wildman–Crippen LogP) is 2.96. The number of rotatable bonds is 2. The normalized spacial score (nSPS) is 25.2. The fourth-order valence-corrected chi connectivity index (χ4v) is 3.58. The minimum Gasteiger partial charge on any atom is -0.348 e. The lowest BCUT2D eigenvalue weighted by atomic mass is 9.68. The van der Waals surface area contributed by atoms with Crippen LogP contribution in [0.1, 0.15) is 50.8 Å². The van der Waals surface area contributed by atoms with Gasteiger partial charge >= 0.3 is 0 Å². The monoisotopic (exact) mass is 233 g/mol. The van der Waals surface area contributed by atoms with Crippen molar-refractivity contribution in [2.75, 3.05) is 13.1 Å². The van der Waals surface area contributed by atoms with E-state index in [-0.39, 0.29) is 0 Å². The number of nitrogens with zero attached hydrogens (tertiary/aromatic N) is 2. The highest BCUT2D eigenvalue weighted by Gasteiger charge is 2.35. The fourth-order valence-electron chi connectivity index (χ4n) is 3.58. The van der Waals surface area contributed by atoms with Crippen molar-refractivity contribution in [3.05, 3.63) is 18.2 Å². The zero-order chi connectivity index (χ0) is 11.6. The smallest absolute Gasteiger partial charge is 0.120 e. The molecule has 94 valence electrons. The lowest BCUT2D eigenvalue weighted by molar-refractivity contribution is 0.0630. The van der Waals surface area contributed by atoms with Crippen LogP contribution in [-0.4, -0.2) is 28.0 Å². The third-order valence-corrected chi connectivity index (χ3v) is 4.76. The van der Waals surface area contributed by atoms with Crippen LogP contribution in [0.4, 0.5) is 0 Å². The fraction of sp³-hybridized carbons (Fsp3) is 0.786. The maximum atomic E-state index is 4.32. The number of likely N-dealkylation sites (tertiary alicyclic amines) is 1. The summed E-state index contributed by atoms with van der Waals surface area (Å²) < 4.78 is 0. The summed E-state index contributed by atoms with van der Waals surface area (Å²) in [6, 6.07) is 0. The Kier molecular flexibility index (Phi) is 3.19. The first-order valence-electron chi connectivity index (χ1n) is 7.07. The van der Waals surface area contributed by atoms with Crippen molar-refractivity contribution in [2.45, 2.75) is 51.5 Å². The molecule has 1 saturated carbocycles. The lowest BCUT2D eigenvalue weighted by Crippen LogP contribution is -2.40. The molecule has 2 fully saturated rings. The molecule has 3 nitrogen and oxygen atoms in total. The summed E-state index contributed by atoms with van der Waals surface area (Å²) in [6.07, 6.45) is 14.0. The Labute approximate surface area is 104 Å². The second kappa shape index (κ2) is 4.81. The van der Waals surface area contributed by atoms with Gasteiger partial charge in [0.25, 0.3) is 0 Å². The summed E-state index contributed by atoms with van der Waals surface area (Å²) in [5.41, 5.74) is 0.720. The van der Waals surface area contributed by atoms with Crippen molar-refractivity contribution < 1.29 is 0 Å². The van der Waals surface area contributed by atoms with Gasteiger partial charge in [-0.2, -0.15) is 0 Å². The Morgan fingerprint density at radius 1 is 1.12 bits per heavy atom. The standard InChI is InChI=1S/C14H23N3/c1-2-4-14(5-3-1)6-10-17(11-7-14)12-13-15-8-9-16-13/h8-9H,1-7,10-12H2,(H,15,16). The zero-order valence-electron chi connectivity index (χ0n) is 10.6. The first kappa shape index (κ1) is 11.3. The van der Waals surface area contributed by atoms with E-state index >= 15 is 0 Å². The van der Waals surface area contributed by atoms with Crippen molar-refractivity contribution in [1.29, 1.82) is 0 Å². The molecule has 1 aromatic rings. The van der Waals surface area contributed by atoms with E-state index in [1.165, 1.54) is 58.0 Å². The first-order valence-corrected chi connectivity index (χ1v) is 7.07. The van der Waals surface area contributed by atoms with E-state index in [2.05, 4.69) is 14.9 Å². The summed E-state index contributed by atoms with van der Waals surface area (Å²) in [5, 5.41) is 0. The molecule has 0 aromatic carbocycles. The summed E-state index contributed by atoms with van der Waals surface area (Å²) in [7, 11) is 0. The van der Waals surface area contributed by atoms with Gasteiger partial charge in [-0.25, -0.2) is 4.98 Å². The molecule has 1 aliphatic heterocycles. The van der Waals surface area contributed by atoms with Gasteiger partial charge in [-0.3, -0.25) is 4.90 Å². The third kappa shape index (κ3) is 2.54. The number of aromatic amines is 1. The number of nitrogens with one attached hydrogen (secondary N) is 1. The average molecular weight is 233 g/mol. The van der Waals surface area contributed by atoms with Gasteiger partial charge in [0.05, 0.1) is 6.54 Å². The van der Waals surface area contributed by atoms with E-state index in [1.807, 2.05) is 12.4 Å². The van der Waals surface area contributed by atoms with Gasteiger partial charge in [-0.05, 0) is 44.2 Å². The van der Waals surface area contributed by atoms with Gasteiger partial charge in [-0.1, -0.05) is 19.3 Å². The van der Waals surface area contributed by atoms with Gasteiger partial charge in [-0.15, -0.1) is 0 Å². The molecule has 1 N–H and O–H groups in total. The van der Waals surface area contributed by atoms with E-state index < -0.39 is 0 Å². The largest absolute Gasteiger partial charge is 0.348 e. The molecule has 3 heteroatoms. The summed E-state index contributed by atoms with van der Waals surface area (Å²) in [6.45, 7) is 3.53. The van der Waals surface area contributed by atoms with Crippen LogP contribution in [0.25, 0.3) is 0 Å². The minimum absolute atomic E-state index is 0.720. The Hall–Kier alpha value is -0.830. The van der Waals surface area contributed by atoms with Crippen molar-refractivity contribution in [3.8, 4) is 0 Å². The molecule has 2 aliphatic rings. The topological polar surface area (TPSA) is 31.9 Å². The predicted molar refractivity (Wildman–Crippen MR) is 68.6 cm³/mol. The van der Waals surface area contributed by atoms with E-state index in [1.54, 1.807) is 0 Å². The number of aromatic nitrogens is 2. The van der Waals surface area contributed by atoms with Crippen LogP contribution in [0.2, 0.25) is 0 Å². The zero-order valence-corrected chi connectivity index (χ0v) is 10.6. The van der Waals surface area contributed by atoms with Crippen LogP contribution in [0.5, 0.6) is 0 Å². The van der Waals surface area contributed by atoms with E-state index in [4.69, 9.17) is 0 Å². The van der Waals surface area contributed by atoms with Gasteiger partial charge in [0.1, 0.15) is 5.82 Å². The van der Waals surface area contributed by atoms with Crippen molar-refractivity contribution in [2.24, 2.45) is 5.41 Å². The Morgan fingerprint density at radius 2 is 1.88 bits per heavy atom. The average Bonchev–Trinajstić information content (AvgIpc) is 2.87. The van der Waals surface area contributed by atoms with Gasteiger partial charge in [0.2, 0.25) is 0 Å². The van der Waals surface area contributed by atoms with Gasteiger partial charge < -0.3 is 4.98 Å². The third-order valence-electron chi connectivity index (χ3n) is 4.76. The maximum absolute atomic E-state index is 4.32. The highest BCUT2D eigenvalue weighted by molar-refractivity contribution is 4.91. The van der Waals surface area contributed by atoms with Crippen LogP contribution >= 0.6 is 0 Å². The molecule has 0 amide bonds. The summed E-state index contributed by atoms with van der Waals surface area (Å²) in [4.78, 5) is 10.1. The molecular weight excluding hydrogens is 210 g/mol. The molecule has 2 heterocycles. The molecule has 1 aliphatic carbocycles. The van der Waals surface area contributed by atoms with Crippen molar-refractivity contribution in [1.82, 2.24) is 14.9 Å². The van der Waals surface area contributed by atoms with Crippen LogP contribution in [0, 0.1) is 5.41 Å². The molecule has 1 aromatic heterocycles. The SMILES string of the molecule is c1c[nH]c(CN2CCC3(CCCCC3)CC2)n1. The van der Waals surface area contributed by atoms with Crippen LogP contribution in [0.3, 0.4) is 0 Å². The van der Waals surface area contributed by atoms with E-state index in [9.17, 15) is 0 Å². The molecule has 1 spiro atoms. The number of H-pyrrole nitrogens is 1. The molecule has 1 saturated heterocycles. The van der Waals surface area contributed by atoms with Gasteiger partial charge in [0, 0.05) is 12.4 Å². The van der Waals surface area contributed by atoms with Gasteiger partial charge in [0.15, 0.2) is 0 Å².